The van der Waals surface area contributed by atoms with Crippen molar-refractivity contribution in [2.24, 2.45) is 14.1 Å². The largest absolute Gasteiger partial charge is 0.390 e. The summed E-state index contributed by atoms with van der Waals surface area (Å²) in [5, 5.41) is 13.4. The molecule has 0 unspecified atom stereocenters. The van der Waals surface area contributed by atoms with E-state index in [2.05, 4.69) is 9.82 Å². The highest BCUT2D eigenvalue weighted by Crippen LogP contribution is 2.16. The first-order valence-corrected chi connectivity index (χ1v) is 7.99. The van der Waals surface area contributed by atoms with Crippen molar-refractivity contribution in [2.75, 3.05) is 0 Å². The fraction of sp³-hybridized carbons (Fsp3) is 0.462. The molecule has 0 amide bonds. The van der Waals surface area contributed by atoms with Gasteiger partial charge in [0.1, 0.15) is 0 Å². The smallest absolute Gasteiger partial charge is 0.242 e. The second-order valence-electron chi connectivity index (χ2n) is 5.03. The Balaban J connectivity index is 2.21. The Hall–Kier alpha value is -1.64. The van der Waals surface area contributed by atoms with E-state index in [1.807, 2.05) is 20.9 Å². The summed E-state index contributed by atoms with van der Waals surface area (Å²) in [7, 11) is -0.0946. The van der Waals surface area contributed by atoms with Crippen molar-refractivity contribution >= 4 is 10.0 Å². The summed E-state index contributed by atoms with van der Waals surface area (Å²) in [5.41, 5.74) is 3.16. The molecule has 116 valence electrons. The molecule has 2 aromatic heterocycles. The minimum Gasteiger partial charge on any atom is -0.390 e. The summed E-state index contributed by atoms with van der Waals surface area (Å²) in [6.07, 6.45) is 1.48. The van der Waals surface area contributed by atoms with Crippen molar-refractivity contribution in [3.63, 3.8) is 0 Å². The molecule has 2 heterocycles. The van der Waals surface area contributed by atoms with Crippen LogP contribution in [-0.2, 0) is 37.3 Å². The molecular formula is C13H20N4O3S. The maximum Gasteiger partial charge on any atom is 0.242 e. The van der Waals surface area contributed by atoms with Gasteiger partial charge in [-0.15, -0.1) is 0 Å². The summed E-state index contributed by atoms with van der Waals surface area (Å²) in [4.78, 5) is 0.147. The van der Waals surface area contributed by atoms with Gasteiger partial charge in [0.15, 0.2) is 0 Å². The fourth-order valence-corrected chi connectivity index (χ4v) is 3.29. The lowest BCUT2D eigenvalue weighted by Crippen LogP contribution is -2.23. The number of rotatable bonds is 5. The molecule has 2 N–H and O–H groups in total. The standard InChI is InChI=1S/C13H20N4O3S/c1-9-13(10(2)17(4)15-9)6-14-21(19,20)12-5-11(8-18)16(3)7-12/h5,7,14,18H,6,8H2,1-4H3. The number of aliphatic hydroxyl groups excluding tert-OH is 1. The van der Waals surface area contributed by atoms with E-state index in [-0.39, 0.29) is 18.0 Å². The van der Waals surface area contributed by atoms with Crippen LogP contribution in [0.4, 0.5) is 0 Å². The zero-order chi connectivity index (χ0) is 15.8. The van der Waals surface area contributed by atoms with Crippen LogP contribution in [0.25, 0.3) is 0 Å². The van der Waals surface area contributed by atoms with Gasteiger partial charge in [-0.2, -0.15) is 5.10 Å². The monoisotopic (exact) mass is 312 g/mol. The zero-order valence-corrected chi connectivity index (χ0v) is 13.4. The van der Waals surface area contributed by atoms with Crippen LogP contribution in [0, 0.1) is 13.8 Å². The average Bonchev–Trinajstić information content (AvgIpc) is 2.90. The molecule has 0 radical (unpaired) electrons. The van der Waals surface area contributed by atoms with Crippen molar-refractivity contribution in [1.29, 1.82) is 0 Å². The normalized spacial score (nSPS) is 12.0. The SMILES string of the molecule is Cc1nn(C)c(C)c1CNS(=O)(=O)c1cc(CO)n(C)c1. The van der Waals surface area contributed by atoms with Crippen molar-refractivity contribution < 1.29 is 13.5 Å². The Kier molecular flexibility index (Phi) is 4.22. The Bertz CT molecular complexity index is 759. The van der Waals surface area contributed by atoms with Crippen molar-refractivity contribution in [3.05, 3.63) is 34.9 Å². The number of nitrogens with one attached hydrogen (secondary N) is 1. The number of hydrogen-bond donors (Lipinski definition) is 2. The molecule has 0 aliphatic carbocycles. The summed E-state index contributed by atoms with van der Waals surface area (Å²) >= 11 is 0. The Labute approximate surface area is 124 Å². The van der Waals surface area contributed by atoms with Crippen molar-refractivity contribution in [1.82, 2.24) is 19.1 Å². The molecule has 21 heavy (non-hydrogen) atoms. The van der Waals surface area contributed by atoms with Crippen molar-refractivity contribution in [2.45, 2.75) is 31.9 Å². The first-order chi connectivity index (χ1) is 9.76. The fourth-order valence-electron chi connectivity index (χ4n) is 2.21. The molecule has 0 bridgehead atoms. The highest BCUT2D eigenvalue weighted by Gasteiger charge is 2.19. The number of aryl methyl sites for hydroxylation is 3. The number of sulfonamides is 1. The third-order valence-corrected chi connectivity index (χ3v) is 5.02. The second kappa shape index (κ2) is 5.63. The third-order valence-electron chi connectivity index (χ3n) is 3.65. The first-order valence-electron chi connectivity index (χ1n) is 6.51. The number of aromatic nitrogens is 3. The lowest BCUT2D eigenvalue weighted by molar-refractivity contribution is 0.272. The maximum absolute atomic E-state index is 12.3. The van der Waals surface area contributed by atoms with Gasteiger partial charge in [-0.1, -0.05) is 0 Å². The molecule has 0 aliphatic heterocycles. The van der Waals surface area contributed by atoms with Crippen LogP contribution < -0.4 is 4.72 Å². The Morgan fingerprint density at radius 1 is 1.33 bits per heavy atom. The Morgan fingerprint density at radius 2 is 2.00 bits per heavy atom. The van der Waals surface area contributed by atoms with Gasteiger partial charge in [0.05, 0.1) is 17.2 Å². The summed E-state index contributed by atoms with van der Waals surface area (Å²) in [6, 6.07) is 1.46. The van der Waals surface area contributed by atoms with Crippen molar-refractivity contribution in [3.8, 4) is 0 Å². The molecule has 2 rings (SSSR count). The third kappa shape index (κ3) is 3.02. The molecule has 0 saturated heterocycles. The van der Waals surface area contributed by atoms with Gasteiger partial charge in [0.25, 0.3) is 0 Å². The molecule has 8 heteroatoms. The molecule has 0 atom stereocenters. The van der Waals surface area contributed by atoms with E-state index in [4.69, 9.17) is 5.11 Å². The van der Waals surface area contributed by atoms with Gasteiger partial charge in [-0.05, 0) is 19.9 Å². The molecule has 2 aromatic rings. The van der Waals surface area contributed by atoms with Crippen LogP contribution in [0.1, 0.15) is 22.6 Å². The maximum atomic E-state index is 12.3. The molecule has 0 saturated carbocycles. The molecular weight excluding hydrogens is 292 g/mol. The van der Waals surface area contributed by atoms with Gasteiger partial charge in [-0.25, -0.2) is 13.1 Å². The van der Waals surface area contributed by atoms with Crippen LogP contribution in [0.5, 0.6) is 0 Å². The average molecular weight is 312 g/mol. The van der Waals surface area contributed by atoms with Crippen LogP contribution in [0.3, 0.4) is 0 Å². The molecule has 0 fully saturated rings. The molecule has 0 spiro atoms. The summed E-state index contributed by atoms with van der Waals surface area (Å²) < 4.78 is 30.5. The van der Waals surface area contributed by atoms with E-state index in [0.29, 0.717) is 5.69 Å². The minimum absolute atomic E-state index is 0.147. The van der Waals surface area contributed by atoms with E-state index in [1.54, 1.807) is 16.3 Å². The van der Waals surface area contributed by atoms with E-state index in [9.17, 15) is 8.42 Å². The molecule has 0 aliphatic rings. The van der Waals surface area contributed by atoms with Crippen LogP contribution >= 0.6 is 0 Å². The molecule has 7 nitrogen and oxygen atoms in total. The first kappa shape index (κ1) is 15.7. The van der Waals surface area contributed by atoms with Gasteiger partial charge < -0.3 is 9.67 Å². The van der Waals surface area contributed by atoms with Crippen LogP contribution in [0.2, 0.25) is 0 Å². The van der Waals surface area contributed by atoms with Crippen LogP contribution in [-0.4, -0.2) is 27.9 Å². The van der Waals surface area contributed by atoms with E-state index in [0.717, 1.165) is 17.0 Å². The highest BCUT2D eigenvalue weighted by molar-refractivity contribution is 7.89. The lowest BCUT2D eigenvalue weighted by Gasteiger charge is -2.05. The zero-order valence-electron chi connectivity index (χ0n) is 12.6. The van der Waals surface area contributed by atoms with Gasteiger partial charge >= 0.3 is 0 Å². The van der Waals surface area contributed by atoms with Gasteiger partial charge in [-0.3, -0.25) is 4.68 Å². The second-order valence-corrected chi connectivity index (χ2v) is 6.80. The number of hydrogen-bond acceptors (Lipinski definition) is 4. The van der Waals surface area contributed by atoms with Crippen LogP contribution in [0.15, 0.2) is 17.2 Å². The highest BCUT2D eigenvalue weighted by atomic mass is 32.2. The lowest BCUT2D eigenvalue weighted by atomic mass is 10.2. The topological polar surface area (TPSA) is 89.2 Å². The molecule has 0 aromatic carbocycles. The summed E-state index contributed by atoms with van der Waals surface area (Å²) in [6.45, 7) is 3.74. The number of aliphatic hydroxyl groups is 1. The Morgan fingerprint density at radius 3 is 2.48 bits per heavy atom. The van der Waals surface area contributed by atoms with E-state index >= 15 is 0 Å². The quantitative estimate of drug-likeness (QED) is 0.833. The number of nitrogens with zero attached hydrogens (tertiary/aromatic N) is 3. The predicted octanol–water partition coefficient (Wildman–Crippen LogP) is 0.346. The van der Waals surface area contributed by atoms with E-state index in [1.165, 1.54) is 12.3 Å². The minimum atomic E-state index is -3.61. The van der Waals surface area contributed by atoms with Gasteiger partial charge in [0, 0.05) is 43.8 Å². The predicted molar refractivity (Wildman–Crippen MR) is 78.0 cm³/mol. The van der Waals surface area contributed by atoms with E-state index < -0.39 is 10.0 Å². The summed E-state index contributed by atoms with van der Waals surface area (Å²) in [5.74, 6) is 0. The van der Waals surface area contributed by atoms with Gasteiger partial charge in [0.2, 0.25) is 10.0 Å².